The average Bonchev–Trinajstić information content (AvgIpc) is 2.85. The molecule has 0 amide bonds. The Labute approximate surface area is 119 Å². The van der Waals surface area contributed by atoms with Gasteiger partial charge in [-0.1, -0.05) is 53.8 Å². The van der Waals surface area contributed by atoms with Gasteiger partial charge < -0.3 is 0 Å². The van der Waals surface area contributed by atoms with E-state index in [4.69, 9.17) is 5.41 Å². The van der Waals surface area contributed by atoms with Crippen LogP contribution in [0.5, 0.6) is 0 Å². The van der Waals surface area contributed by atoms with Crippen molar-refractivity contribution in [2.45, 2.75) is 0 Å². The maximum absolute atomic E-state index is 8.01. The van der Waals surface area contributed by atoms with Crippen LogP contribution in [0.25, 0.3) is 27.3 Å². The Balaban J connectivity index is 2.22. The average molecular weight is 277 g/mol. The number of para-hydroxylation sites is 2. The zero-order valence-corrected chi connectivity index (χ0v) is 11.4. The van der Waals surface area contributed by atoms with E-state index in [1.807, 2.05) is 42.5 Å². The minimum absolute atomic E-state index is 0.520. The summed E-state index contributed by atoms with van der Waals surface area (Å²) < 4.78 is 2.65. The molecule has 2 aromatic heterocycles. The van der Waals surface area contributed by atoms with Gasteiger partial charge in [0, 0.05) is 0 Å². The van der Waals surface area contributed by atoms with Gasteiger partial charge in [0.05, 0.1) is 16.7 Å². The van der Waals surface area contributed by atoms with E-state index in [0.29, 0.717) is 4.67 Å². The highest BCUT2D eigenvalue weighted by Gasteiger charge is 2.10. The monoisotopic (exact) mass is 277 g/mol. The Morgan fingerprint density at radius 3 is 2.55 bits per heavy atom. The van der Waals surface area contributed by atoms with Crippen molar-refractivity contribution in [2.24, 2.45) is 0 Å². The fraction of sp³-hybridized carbons (Fsp3) is 0. The molecule has 0 aliphatic heterocycles. The molecule has 20 heavy (non-hydrogen) atoms. The van der Waals surface area contributed by atoms with Crippen molar-refractivity contribution in [3.63, 3.8) is 0 Å². The third-order valence-corrected chi connectivity index (χ3v) is 4.10. The minimum Gasteiger partial charge on any atom is -0.290 e. The Morgan fingerprint density at radius 2 is 1.70 bits per heavy atom. The fourth-order valence-corrected chi connectivity index (χ4v) is 3.24. The van der Waals surface area contributed by atoms with E-state index in [2.05, 4.69) is 27.6 Å². The van der Waals surface area contributed by atoms with Gasteiger partial charge in [-0.2, -0.15) is 0 Å². The lowest BCUT2D eigenvalue weighted by Crippen LogP contribution is -2.00. The molecule has 0 spiro atoms. The highest BCUT2D eigenvalue weighted by atomic mass is 32.1. The van der Waals surface area contributed by atoms with Crippen molar-refractivity contribution < 1.29 is 0 Å². The van der Waals surface area contributed by atoms with Crippen LogP contribution in [0, 0.1) is 5.41 Å². The van der Waals surface area contributed by atoms with Crippen LogP contribution < -0.4 is 4.67 Å². The zero-order valence-electron chi connectivity index (χ0n) is 10.6. The first-order chi connectivity index (χ1) is 9.83. The summed E-state index contributed by atoms with van der Waals surface area (Å²) in [6, 6.07) is 20.1. The van der Waals surface area contributed by atoms with Gasteiger partial charge in [-0.15, -0.1) is 0 Å². The summed E-state index contributed by atoms with van der Waals surface area (Å²) in [5, 5.41) is 8.01. The maximum atomic E-state index is 8.01. The van der Waals surface area contributed by atoms with Crippen molar-refractivity contribution in [1.82, 2.24) is 9.38 Å². The van der Waals surface area contributed by atoms with Crippen LogP contribution in [-0.2, 0) is 0 Å². The summed E-state index contributed by atoms with van der Waals surface area (Å²) in [6.07, 6.45) is 0. The van der Waals surface area contributed by atoms with Gasteiger partial charge in [0.25, 0.3) is 0 Å². The smallest absolute Gasteiger partial charge is 0.197 e. The summed E-state index contributed by atoms with van der Waals surface area (Å²) in [5.41, 5.74) is 4.16. The number of imidazole rings is 1. The van der Waals surface area contributed by atoms with E-state index in [1.54, 1.807) is 0 Å². The largest absolute Gasteiger partial charge is 0.290 e. The normalized spacial score (nSPS) is 11.2. The number of nitrogens with one attached hydrogen (secondary N) is 1. The van der Waals surface area contributed by atoms with E-state index in [0.717, 1.165) is 27.3 Å². The van der Waals surface area contributed by atoms with Gasteiger partial charge in [0.2, 0.25) is 0 Å². The van der Waals surface area contributed by atoms with E-state index in [-0.39, 0.29) is 0 Å². The fourth-order valence-electron chi connectivity index (χ4n) is 2.44. The van der Waals surface area contributed by atoms with E-state index < -0.39 is 0 Å². The zero-order chi connectivity index (χ0) is 13.5. The Bertz CT molecular complexity index is 967. The molecule has 2 aromatic carbocycles. The van der Waals surface area contributed by atoms with E-state index in [1.165, 1.54) is 11.3 Å². The number of fused-ring (bicyclic) bond motifs is 3. The quantitative estimate of drug-likeness (QED) is 0.566. The summed E-state index contributed by atoms with van der Waals surface area (Å²) >= 11 is 1.39. The molecule has 0 fully saturated rings. The lowest BCUT2D eigenvalue weighted by molar-refractivity contribution is 1.23. The molecule has 0 bridgehead atoms. The van der Waals surface area contributed by atoms with Crippen LogP contribution in [0.4, 0.5) is 0 Å². The van der Waals surface area contributed by atoms with E-state index >= 15 is 0 Å². The molecule has 0 radical (unpaired) electrons. The van der Waals surface area contributed by atoms with Crippen LogP contribution in [0.2, 0.25) is 0 Å². The molecule has 0 unspecified atom stereocenters. The van der Waals surface area contributed by atoms with Crippen LogP contribution in [0.15, 0.2) is 60.7 Å². The molecular formula is C16H11N3S. The van der Waals surface area contributed by atoms with E-state index in [9.17, 15) is 0 Å². The lowest BCUT2D eigenvalue weighted by atomic mass is 10.1. The summed E-state index contributed by atoms with van der Waals surface area (Å²) in [7, 11) is 0. The van der Waals surface area contributed by atoms with Gasteiger partial charge in [0.1, 0.15) is 4.67 Å². The van der Waals surface area contributed by atoms with Gasteiger partial charge >= 0.3 is 0 Å². The van der Waals surface area contributed by atoms with Gasteiger partial charge in [0.15, 0.2) is 4.96 Å². The topological polar surface area (TPSA) is 41.2 Å². The molecule has 4 rings (SSSR count). The highest BCUT2D eigenvalue weighted by molar-refractivity contribution is 7.14. The van der Waals surface area contributed by atoms with Crippen LogP contribution in [0.1, 0.15) is 0 Å². The number of nitrogens with zero attached hydrogens (tertiary/aromatic N) is 2. The van der Waals surface area contributed by atoms with Crippen LogP contribution in [-0.4, -0.2) is 9.38 Å². The molecule has 96 valence electrons. The van der Waals surface area contributed by atoms with Crippen LogP contribution >= 0.6 is 11.3 Å². The molecule has 1 N–H and O–H groups in total. The minimum atomic E-state index is 0.520. The molecular weight excluding hydrogens is 266 g/mol. The Hall–Kier alpha value is -2.46. The third-order valence-electron chi connectivity index (χ3n) is 3.31. The van der Waals surface area contributed by atoms with Crippen molar-refractivity contribution in [3.05, 3.63) is 65.3 Å². The van der Waals surface area contributed by atoms with Crippen molar-refractivity contribution in [1.29, 1.82) is 5.41 Å². The van der Waals surface area contributed by atoms with Crippen molar-refractivity contribution >= 4 is 27.3 Å². The van der Waals surface area contributed by atoms with Gasteiger partial charge in [-0.05, 0) is 23.8 Å². The molecule has 2 heterocycles. The van der Waals surface area contributed by atoms with Gasteiger partial charge in [-0.25, -0.2) is 4.98 Å². The molecule has 0 saturated carbocycles. The molecule has 3 nitrogen and oxygen atoms in total. The third kappa shape index (κ3) is 1.66. The Kier molecular flexibility index (Phi) is 2.44. The number of benzene rings is 2. The first-order valence-electron chi connectivity index (χ1n) is 6.34. The van der Waals surface area contributed by atoms with Gasteiger partial charge in [-0.3, -0.25) is 9.81 Å². The Morgan fingerprint density at radius 1 is 0.950 bits per heavy atom. The summed E-state index contributed by atoms with van der Waals surface area (Å²) in [4.78, 5) is 5.48. The number of hydrogen-bond donors (Lipinski definition) is 1. The second kappa shape index (κ2) is 4.28. The second-order valence-corrected chi connectivity index (χ2v) is 5.59. The molecule has 0 aliphatic rings. The lowest BCUT2D eigenvalue weighted by Gasteiger charge is -2.06. The molecule has 0 saturated heterocycles. The first kappa shape index (κ1) is 11.4. The molecule has 0 aliphatic carbocycles. The molecule has 4 aromatic rings. The molecule has 4 heteroatoms. The standard InChI is InChI=1S/C16H11N3S/c17-15-10-14(11-6-2-1-3-7-11)19-13-9-5-4-8-12(13)18-16(19)20-15/h1-10,17H. The molecule has 0 atom stereocenters. The summed E-state index contributed by atoms with van der Waals surface area (Å²) in [6.45, 7) is 0. The maximum Gasteiger partial charge on any atom is 0.197 e. The van der Waals surface area contributed by atoms with Crippen molar-refractivity contribution in [3.8, 4) is 11.3 Å². The highest BCUT2D eigenvalue weighted by Crippen LogP contribution is 2.25. The summed E-state index contributed by atoms with van der Waals surface area (Å²) in [5.74, 6) is 0. The van der Waals surface area contributed by atoms with Crippen LogP contribution in [0.3, 0.4) is 0 Å². The predicted octanol–water partition coefficient (Wildman–Crippen LogP) is 3.70. The number of aromatic nitrogens is 2. The number of hydrogen-bond acceptors (Lipinski definition) is 3. The first-order valence-corrected chi connectivity index (χ1v) is 7.16. The SMILES string of the molecule is N=c1cc(-c2ccccc2)n2c(nc3ccccc32)s1. The second-order valence-electron chi connectivity index (χ2n) is 4.58. The van der Waals surface area contributed by atoms with Crippen molar-refractivity contribution in [2.75, 3.05) is 0 Å². The number of rotatable bonds is 1. The predicted molar refractivity (Wildman–Crippen MR) is 81.9 cm³/mol.